The van der Waals surface area contributed by atoms with Crippen molar-refractivity contribution in [2.45, 2.75) is 12.6 Å². The van der Waals surface area contributed by atoms with E-state index in [-0.39, 0.29) is 12.1 Å². The highest BCUT2D eigenvalue weighted by atomic mass is 31.2. The van der Waals surface area contributed by atoms with Gasteiger partial charge < -0.3 is 19.6 Å². The molecule has 0 spiro atoms. The third kappa shape index (κ3) is 4.98. The van der Waals surface area contributed by atoms with Crippen molar-refractivity contribution >= 4 is 7.60 Å². The molecular formula is C14H17N2O7P. The predicted molar refractivity (Wildman–Crippen MR) is 85.6 cm³/mol. The molecule has 0 radical (unpaired) electrons. The van der Waals surface area contributed by atoms with Crippen molar-refractivity contribution in [3.8, 4) is 11.1 Å². The molecule has 130 valence electrons. The van der Waals surface area contributed by atoms with E-state index in [0.717, 1.165) is 4.57 Å². The highest BCUT2D eigenvalue weighted by Gasteiger charge is 2.19. The number of H-pyrrole nitrogens is 1. The number of aliphatic hydroxyl groups is 1. The third-order valence-corrected chi connectivity index (χ3v) is 3.66. The molecule has 0 bridgehead atoms. The van der Waals surface area contributed by atoms with Crippen molar-refractivity contribution in [3.05, 3.63) is 57.4 Å². The summed E-state index contributed by atoms with van der Waals surface area (Å²) in [7, 11) is -4.39. The van der Waals surface area contributed by atoms with E-state index in [1.54, 1.807) is 30.3 Å². The zero-order valence-corrected chi connectivity index (χ0v) is 13.4. The summed E-state index contributed by atoms with van der Waals surface area (Å²) < 4.78 is 16.9. The Morgan fingerprint density at radius 2 is 1.88 bits per heavy atom. The highest BCUT2D eigenvalue weighted by molar-refractivity contribution is 7.51. The number of aliphatic hydroxyl groups excluding tert-OH is 1. The zero-order chi connectivity index (χ0) is 17.7. The van der Waals surface area contributed by atoms with Crippen molar-refractivity contribution < 1.29 is 24.2 Å². The van der Waals surface area contributed by atoms with Crippen LogP contribution in [-0.2, 0) is 15.8 Å². The van der Waals surface area contributed by atoms with Crippen LogP contribution in [0.15, 0.2) is 46.1 Å². The largest absolute Gasteiger partial charge is 0.394 e. The van der Waals surface area contributed by atoms with Crippen molar-refractivity contribution in [1.29, 1.82) is 0 Å². The Morgan fingerprint density at radius 3 is 2.46 bits per heavy atom. The molecule has 10 heteroatoms. The van der Waals surface area contributed by atoms with Crippen molar-refractivity contribution in [3.63, 3.8) is 0 Å². The summed E-state index contributed by atoms with van der Waals surface area (Å²) in [6.45, 7) is -0.724. The molecule has 4 N–H and O–H groups in total. The molecule has 2 rings (SSSR count). The summed E-state index contributed by atoms with van der Waals surface area (Å²) in [4.78, 5) is 43.6. The fourth-order valence-corrected chi connectivity index (χ4v) is 2.46. The molecule has 0 saturated heterocycles. The van der Waals surface area contributed by atoms with Gasteiger partial charge in [0.1, 0.15) is 6.35 Å². The Hall–Kier alpha value is -2.03. The minimum atomic E-state index is -4.39. The second-order valence-electron chi connectivity index (χ2n) is 5.09. The molecule has 0 unspecified atom stereocenters. The van der Waals surface area contributed by atoms with Crippen molar-refractivity contribution in [1.82, 2.24) is 9.55 Å². The molecule has 24 heavy (non-hydrogen) atoms. The van der Waals surface area contributed by atoms with Gasteiger partial charge in [-0.25, -0.2) is 4.79 Å². The minimum Gasteiger partial charge on any atom is -0.394 e. The molecule has 1 atom stereocenters. The van der Waals surface area contributed by atoms with Gasteiger partial charge in [-0.15, -0.1) is 0 Å². The SMILES string of the molecule is O=c1[nH]c(=O)n(C[C@H](CO)OCP(=O)(O)O)cc1-c1ccccc1. The average Bonchev–Trinajstić information content (AvgIpc) is 2.53. The fourth-order valence-electron chi connectivity index (χ4n) is 2.05. The van der Waals surface area contributed by atoms with Crippen LogP contribution in [0.5, 0.6) is 0 Å². The molecule has 0 saturated carbocycles. The van der Waals surface area contributed by atoms with Crippen LogP contribution in [0.4, 0.5) is 0 Å². The summed E-state index contributed by atoms with van der Waals surface area (Å²) in [5, 5.41) is 9.25. The van der Waals surface area contributed by atoms with Gasteiger partial charge in [0.15, 0.2) is 0 Å². The Kier molecular flexibility index (Phi) is 5.87. The molecule has 0 amide bonds. The van der Waals surface area contributed by atoms with Crippen LogP contribution >= 0.6 is 7.60 Å². The first-order chi connectivity index (χ1) is 11.3. The fraction of sp³-hybridized carbons (Fsp3) is 0.286. The molecule has 0 aliphatic carbocycles. The average molecular weight is 356 g/mol. The first-order valence-corrected chi connectivity index (χ1v) is 8.76. The van der Waals surface area contributed by atoms with E-state index in [2.05, 4.69) is 4.98 Å². The first-order valence-electron chi connectivity index (χ1n) is 6.96. The van der Waals surface area contributed by atoms with Gasteiger partial charge >= 0.3 is 13.3 Å². The monoisotopic (exact) mass is 356 g/mol. The second-order valence-corrected chi connectivity index (χ2v) is 6.67. The number of hydrogen-bond donors (Lipinski definition) is 4. The van der Waals surface area contributed by atoms with Crippen LogP contribution < -0.4 is 11.2 Å². The zero-order valence-electron chi connectivity index (χ0n) is 12.5. The van der Waals surface area contributed by atoms with Crippen LogP contribution in [-0.4, -0.2) is 43.5 Å². The number of nitrogens with zero attached hydrogens (tertiary/aromatic N) is 1. The topological polar surface area (TPSA) is 142 Å². The summed E-state index contributed by atoms with van der Waals surface area (Å²) >= 11 is 0. The molecule has 1 aromatic heterocycles. The Bertz CT molecular complexity index is 840. The van der Waals surface area contributed by atoms with E-state index in [9.17, 15) is 19.3 Å². The van der Waals surface area contributed by atoms with Gasteiger partial charge in [0, 0.05) is 6.20 Å². The Labute approximate surface area is 136 Å². The molecule has 0 fully saturated rings. The predicted octanol–water partition coefficient (Wildman–Crippen LogP) is -0.284. The molecule has 0 aliphatic rings. The quantitative estimate of drug-likeness (QED) is 0.500. The summed E-state index contributed by atoms with van der Waals surface area (Å²) in [6.07, 6.45) is -0.563. The van der Waals surface area contributed by atoms with Crippen LogP contribution in [0.25, 0.3) is 11.1 Å². The van der Waals surface area contributed by atoms with Gasteiger partial charge in [-0.3, -0.25) is 18.9 Å². The van der Waals surface area contributed by atoms with Crippen LogP contribution in [0.3, 0.4) is 0 Å². The second kappa shape index (κ2) is 7.69. The van der Waals surface area contributed by atoms with Crippen LogP contribution in [0.1, 0.15) is 0 Å². The third-order valence-electron chi connectivity index (χ3n) is 3.18. The Balaban J connectivity index is 2.28. The summed E-state index contributed by atoms with van der Waals surface area (Å²) in [5.74, 6) is 0. The standard InChI is InChI=1S/C14H17N2O7P/c17-8-11(23-9-24(20,21)22)6-16-7-12(13(18)15-14(16)19)10-4-2-1-3-5-10/h1-5,7,11,17H,6,8-9H2,(H,15,18,19)(H2,20,21,22)/t11-/m1/s1. The van der Waals surface area contributed by atoms with E-state index in [4.69, 9.17) is 14.5 Å². The number of benzene rings is 1. The number of hydrogen-bond acceptors (Lipinski definition) is 5. The summed E-state index contributed by atoms with van der Waals surface area (Å²) in [6, 6.07) is 8.67. The molecule has 0 aliphatic heterocycles. The lowest BCUT2D eigenvalue weighted by molar-refractivity contribution is 0.0188. The lowest BCUT2D eigenvalue weighted by Gasteiger charge is -2.17. The van der Waals surface area contributed by atoms with Crippen LogP contribution in [0.2, 0.25) is 0 Å². The molecule has 2 aromatic rings. The van der Waals surface area contributed by atoms with Gasteiger partial charge in [0.05, 0.1) is 24.8 Å². The van der Waals surface area contributed by atoms with Gasteiger partial charge in [-0.05, 0) is 5.56 Å². The van der Waals surface area contributed by atoms with E-state index in [1.165, 1.54) is 6.20 Å². The van der Waals surface area contributed by atoms with Gasteiger partial charge in [0.25, 0.3) is 5.56 Å². The van der Waals surface area contributed by atoms with E-state index < -0.39 is 37.9 Å². The lowest BCUT2D eigenvalue weighted by atomic mass is 10.1. The van der Waals surface area contributed by atoms with Crippen molar-refractivity contribution in [2.24, 2.45) is 0 Å². The maximum atomic E-state index is 12.0. The number of ether oxygens (including phenoxy) is 1. The Morgan fingerprint density at radius 1 is 1.21 bits per heavy atom. The van der Waals surface area contributed by atoms with Gasteiger partial charge in [0.2, 0.25) is 0 Å². The van der Waals surface area contributed by atoms with E-state index in [1.807, 2.05) is 0 Å². The lowest BCUT2D eigenvalue weighted by Crippen LogP contribution is -2.35. The molecule has 1 heterocycles. The van der Waals surface area contributed by atoms with Crippen molar-refractivity contribution in [2.75, 3.05) is 13.0 Å². The number of aromatic amines is 1. The minimum absolute atomic E-state index is 0.175. The maximum Gasteiger partial charge on any atom is 0.350 e. The van der Waals surface area contributed by atoms with Gasteiger partial charge in [-0.2, -0.15) is 0 Å². The number of nitrogens with one attached hydrogen (secondary N) is 1. The molecule has 9 nitrogen and oxygen atoms in total. The van der Waals surface area contributed by atoms with E-state index >= 15 is 0 Å². The first kappa shape index (κ1) is 18.3. The van der Waals surface area contributed by atoms with Gasteiger partial charge in [-0.1, -0.05) is 30.3 Å². The van der Waals surface area contributed by atoms with Crippen LogP contribution in [0, 0.1) is 0 Å². The normalized spacial score (nSPS) is 13.0. The maximum absolute atomic E-state index is 12.0. The molecular weight excluding hydrogens is 339 g/mol. The highest BCUT2D eigenvalue weighted by Crippen LogP contribution is 2.34. The van der Waals surface area contributed by atoms with E-state index in [0.29, 0.717) is 5.56 Å². The number of rotatable bonds is 7. The molecule has 1 aromatic carbocycles. The summed E-state index contributed by atoms with van der Waals surface area (Å²) in [5.41, 5.74) is -0.414. The number of aromatic nitrogens is 2. The smallest absolute Gasteiger partial charge is 0.350 e.